The van der Waals surface area contributed by atoms with Gasteiger partial charge in [-0.25, -0.2) is 9.59 Å². The zero-order chi connectivity index (χ0) is 22.3. The second-order valence-corrected chi connectivity index (χ2v) is 7.90. The van der Waals surface area contributed by atoms with Crippen molar-refractivity contribution in [3.8, 4) is 0 Å². The van der Waals surface area contributed by atoms with Gasteiger partial charge in [0.1, 0.15) is 5.76 Å². The lowest BCUT2D eigenvalue weighted by Gasteiger charge is -2.28. The molecule has 2 aromatic rings. The first-order chi connectivity index (χ1) is 13.9. The van der Waals surface area contributed by atoms with Gasteiger partial charge >= 0.3 is 17.8 Å². The van der Waals surface area contributed by atoms with Crippen LogP contribution in [0.3, 0.4) is 0 Å². The van der Waals surface area contributed by atoms with Gasteiger partial charge < -0.3 is 4.74 Å². The molecular formula is C19H19F3N4O4. The Morgan fingerprint density at radius 2 is 1.90 bits per heavy atom. The van der Waals surface area contributed by atoms with E-state index in [0.717, 1.165) is 27.6 Å². The van der Waals surface area contributed by atoms with E-state index in [1.54, 1.807) is 0 Å². The zero-order valence-corrected chi connectivity index (χ0v) is 16.5. The lowest BCUT2D eigenvalue weighted by Crippen LogP contribution is -2.26. The number of hydrogen-bond acceptors (Lipinski definition) is 6. The number of benzene rings is 1. The Labute approximate surface area is 168 Å². The van der Waals surface area contributed by atoms with Crippen LogP contribution in [0, 0.1) is 5.41 Å². The summed E-state index contributed by atoms with van der Waals surface area (Å²) in [4.78, 5) is 36.5. The molecule has 0 unspecified atom stereocenters. The minimum absolute atomic E-state index is 0.112. The van der Waals surface area contributed by atoms with Crippen molar-refractivity contribution in [1.29, 1.82) is 0 Å². The average Bonchev–Trinajstić information content (AvgIpc) is 2.91. The Morgan fingerprint density at radius 1 is 1.20 bits per heavy atom. The Morgan fingerprint density at radius 3 is 2.47 bits per heavy atom. The summed E-state index contributed by atoms with van der Waals surface area (Å²) in [6.45, 7) is 3.27. The van der Waals surface area contributed by atoms with Gasteiger partial charge in [0.2, 0.25) is 0 Å². The molecule has 0 radical (unpaired) electrons. The van der Waals surface area contributed by atoms with Crippen LogP contribution in [-0.4, -0.2) is 31.5 Å². The highest BCUT2D eigenvalue weighted by atomic mass is 19.4. The summed E-state index contributed by atoms with van der Waals surface area (Å²) in [6.07, 6.45) is -2.80. The normalized spacial score (nSPS) is 16.3. The summed E-state index contributed by atoms with van der Waals surface area (Å²) in [6, 6.07) is 2.50. The Hall–Kier alpha value is -3.24. The van der Waals surface area contributed by atoms with E-state index in [-0.39, 0.29) is 22.7 Å². The van der Waals surface area contributed by atoms with Crippen molar-refractivity contribution in [2.24, 2.45) is 12.5 Å². The number of aryl methyl sites for hydroxylation is 1. The first kappa shape index (κ1) is 21.5. The van der Waals surface area contributed by atoms with Crippen LogP contribution < -0.4 is 5.69 Å². The van der Waals surface area contributed by atoms with Gasteiger partial charge in [-0.15, -0.1) is 0 Å². The van der Waals surface area contributed by atoms with Gasteiger partial charge in [-0.05, 0) is 39.6 Å². The van der Waals surface area contributed by atoms with Crippen LogP contribution >= 0.6 is 0 Å². The number of hydrogen-bond donors (Lipinski definition) is 0. The van der Waals surface area contributed by atoms with E-state index in [9.17, 15) is 27.6 Å². The maximum absolute atomic E-state index is 13.2. The van der Waals surface area contributed by atoms with Gasteiger partial charge in [-0.1, -0.05) is 13.8 Å². The molecular weight excluding hydrogens is 405 g/mol. The predicted molar refractivity (Wildman–Crippen MR) is 97.3 cm³/mol. The van der Waals surface area contributed by atoms with Crippen LogP contribution in [0.4, 0.5) is 13.2 Å². The molecule has 11 heteroatoms. The number of halogens is 3. The molecule has 160 valence electrons. The molecule has 0 fully saturated rings. The summed E-state index contributed by atoms with van der Waals surface area (Å²) >= 11 is 0. The number of esters is 1. The van der Waals surface area contributed by atoms with Gasteiger partial charge in [-0.2, -0.15) is 22.5 Å². The SMILES string of the molecule is Cn1nnn(Cc2cc(C(F)(F)F)ccc2C(=O)OC2=CC(=O)CC(C)(C)C2)c1=O. The molecule has 0 saturated heterocycles. The molecule has 0 spiro atoms. The second-order valence-electron chi connectivity index (χ2n) is 7.90. The van der Waals surface area contributed by atoms with Gasteiger partial charge in [0.15, 0.2) is 5.78 Å². The fraction of sp³-hybridized carbons (Fsp3) is 0.421. The molecule has 3 rings (SSSR count). The molecule has 1 aliphatic carbocycles. The maximum Gasteiger partial charge on any atom is 0.416 e. The number of aromatic nitrogens is 4. The van der Waals surface area contributed by atoms with E-state index in [1.807, 2.05) is 13.8 Å². The highest BCUT2D eigenvalue weighted by molar-refractivity contribution is 5.94. The minimum Gasteiger partial charge on any atom is -0.427 e. The van der Waals surface area contributed by atoms with Crippen molar-refractivity contribution in [2.45, 2.75) is 39.4 Å². The van der Waals surface area contributed by atoms with Crippen molar-refractivity contribution < 1.29 is 27.5 Å². The summed E-state index contributed by atoms with van der Waals surface area (Å²) in [5.41, 5.74) is -2.33. The van der Waals surface area contributed by atoms with E-state index in [0.29, 0.717) is 12.8 Å². The molecule has 0 bridgehead atoms. The molecule has 1 aliphatic rings. The minimum atomic E-state index is -4.65. The summed E-state index contributed by atoms with van der Waals surface area (Å²) < 4.78 is 46.5. The summed E-state index contributed by atoms with van der Waals surface area (Å²) in [5, 5.41) is 7.08. The molecule has 1 heterocycles. The van der Waals surface area contributed by atoms with Crippen LogP contribution in [0.2, 0.25) is 0 Å². The number of carbonyl (C=O) groups excluding carboxylic acids is 2. The third kappa shape index (κ3) is 4.66. The van der Waals surface area contributed by atoms with Crippen molar-refractivity contribution in [2.75, 3.05) is 0 Å². The van der Waals surface area contributed by atoms with E-state index in [1.165, 1.54) is 13.1 Å². The molecule has 0 N–H and O–H groups in total. The van der Waals surface area contributed by atoms with E-state index >= 15 is 0 Å². The first-order valence-corrected chi connectivity index (χ1v) is 8.98. The fourth-order valence-corrected chi connectivity index (χ4v) is 3.24. The number of rotatable bonds is 4. The van der Waals surface area contributed by atoms with Crippen LogP contribution in [0.25, 0.3) is 0 Å². The average molecular weight is 424 g/mol. The Bertz CT molecular complexity index is 1100. The number of ketones is 1. The number of nitrogens with zero attached hydrogens (tertiary/aromatic N) is 4. The van der Waals surface area contributed by atoms with Gasteiger partial charge in [-0.3, -0.25) is 4.79 Å². The summed E-state index contributed by atoms with van der Waals surface area (Å²) in [5.74, 6) is -0.982. The predicted octanol–water partition coefficient (Wildman–Crippen LogP) is 2.47. The molecule has 0 saturated carbocycles. The monoisotopic (exact) mass is 424 g/mol. The van der Waals surface area contributed by atoms with E-state index in [4.69, 9.17) is 4.74 Å². The lowest BCUT2D eigenvalue weighted by atomic mass is 9.79. The largest absolute Gasteiger partial charge is 0.427 e. The van der Waals surface area contributed by atoms with Crippen molar-refractivity contribution in [3.05, 3.63) is 57.2 Å². The quantitative estimate of drug-likeness (QED) is 0.700. The van der Waals surface area contributed by atoms with Gasteiger partial charge in [0.05, 0.1) is 17.7 Å². The number of carbonyl (C=O) groups is 2. The number of alkyl halides is 3. The molecule has 0 atom stereocenters. The Kier molecular flexibility index (Phi) is 5.40. The molecule has 0 amide bonds. The van der Waals surface area contributed by atoms with Gasteiger partial charge in [0, 0.05) is 26.0 Å². The molecule has 30 heavy (non-hydrogen) atoms. The highest BCUT2D eigenvalue weighted by Gasteiger charge is 2.33. The molecule has 0 aliphatic heterocycles. The van der Waals surface area contributed by atoms with Crippen LogP contribution in [0.5, 0.6) is 0 Å². The smallest absolute Gasteiger partial charge is 0.416 e. The third-order valence-electron chi connectivity index (χ3n) is 4.60. The van der Waals surface area contributed by atoms with Gasteiger partial charge in [0.25, 0.3) is 0 Å². The van der Waals surface area contributed by atoms with E-state index in [2.05, 4.69) is 10.4 Å². The third-order valence-corrected chi connectivity index (χ3v) is 4.60. The lowest BCUT2D eigenvalue weighted by molar-refractivity contribution is -0.137. The Balaban J connectivity index is 1.96. The molecule has 1 aromatic carbocycles. The van der Waals surface area contributed by atoms with Crippen LogP contribution in [0.15, 0.2) is 34.8 Å². The number of ether oxygens (including phenoxy) is 1. The zero-order valence-electron chi connectivity index (χ0n) is 16.5. The molecule has 1 aromatic heterocycles. The molecule has 8 nitrogen and oxygen atoms in total. The maximum atomic E-state index is 13.2. The first-order valence-electron chi connectivity index (χ1n) is 8.98. The fourth-order valence-electron chi connectivity index (χ4n) is 3.24. The summed E-state index contributed by atoms with van der Waals surface area (Å²) in [7, 11) is 1.33. The number of allylic oxidation sites excluding steroid dienone is 2. The highest BCUT2D eigenvalue weighted by Crippen LogP contribution is 2.35. The standard InChI is InChI=1S/C19H19F3N4O4/c1-18(2)8-13(27)7-14(9-18)30-16(28)15-5-4-12(19(20,21)22)6-11(15)10-26-17(29)25(3)23-24-26/h4-7H,8-10H2,1-3H3. The van der Waals surface area contributed by atoms with Crippen molar-refractivity contribution in [1.82, 2.24) is 19.8 Å². The van der Waals surface area contributed by atoms with Crippen LogP contribution in [-0.2, 0) is 29.3 Å². The van der Waals surface area contributed by atoms with Crippen molar-refractivity contribution in [3.63, 3.8) is 0 Å². The van der Waals surface area contributed by atoms with Crippen LogP contribution in [0.1, 0.15) is 48.2 Å². The van der Waals surface area contributed by atoms with Crippen molar-refractivity contribution >= 4 is 11.8 Å². The van der Waals surface area contributed by atoms with E-state index < -0.39 is 35.4 Å². The topological polar surface area (TPSA) is 96.1 Å². The number of tetrazole rings is 1. The second kappa shape index (κ2) is 7.54.